The molecule has 0 aliphatic rings. The highest BCUT2D eigenvalue weighted by Gasteiger charge is 2.39. The predicted molar refractivity (Wildman–Crippen MR) is 118 cm³/mol. The second-order valence-electron chi connectivity index (χ2n) is 10.2. The first-order chi connectivity index (χ1) is 12.9. The van der Waals surface area contributed by atoms with Gasteiger partial charge in [0.25, 0.3) is 0 Å². The van der Waals surface area contributed by atoms with Crippen LogP contribution in [-0.4, -0.2) is 37.1 Å². The Morgan fingerprint density at radius 3 is 2.10 bits per heavy atom. The van der Waals surface area contributed by atoms with Crippen molar-refractivity contribution in [2.45, 2.75) is 91.6 Å². The summed E-state index contributed by atoms with van der Waals surface area (Å²) in [6, 6.07) is 2.84. The van der Waals surface area contributed by atoms with Crippen LogP contribution in [0.5, 0.6) is 5.75 Å². The molecule has 1 aromatic rings. The highest BCUT2D eigenvalue weighted by molar-refractivity contribution is 6.74. The molecular weight excluding hydrogens is 386 g/mol. The van der Waals surface area contributed by atoms with Gasteiger partial charge in [0.1, 0.15) is 17.4 Å². The van der Waals surface area contributed by atoms with E-state index in [9.17, 15) is 14.7 Å². The molecule has 0 saturated carbocycles. The van der Waals surface area contributed by atoms with E-state index in [0.717, 1.165) is 16.7 Å². The van der Waals surface area contributed by atoms with Gasteiger partial charge in [-0.15, -0.1) is 0 Å². The summed E-state index contributed by atoms with van der Waals surface area (Å²) >= 11 is 0. The Morgan fingerprint density at radius 2 is 1.66 bits per heavy atom. The summed E-state index contributed by atoms with van der Waals surface area (Å²) in [7, 11) is -2.12. The van der Waals surface area contributed by atoms with E-state index in [-0.39, 0.29) is 11.5 Å². The van der Waals surface area contributed by atoms with Gasteiger partial charge in [-0.05, 0) is 75.5 Å². The van der Waals surface area contributed by atoms with Gasteiger partial charge in [0.15, 0.2) is 0 Å². The molecular formula is C22H37NO5Si. The van der Waals surface area contributed by atoms with Crippen LogP contribution in [0.4, 0.5) is 4.79 Å². The number of carboxylic acid groups (broad SMARTS) is 1. The zero-order valence-electron chi connectivity index (χ0n) is 19.5. The minimum Gasteiger partial charge on any atom is -0.543 e. The first-order valence-electron chi connectivity index (χ1n) is 9.94. The van der Waals surface area contributed by atoms with E-state index in [1.165, 1.54) is 0 Å². The molecule has 0 saturated heterocycles. The van der Waals surface area contributed by atoms with Crippen molar-refractivity contribution in [3.63, 3.8) is 0 Å². The smallest absolute Gasteiger partial charge is 0.408 e. The summed E-state index contributed by atoms with van der Waals surface area (Å²) in [6.07, 6.45) is -0.633. The summed E-state index contributed by atoms with van der Waals surface area (Å²) in [6.45, 7) is 19.9. The normalized spacial score (nSPS) is 13.6. The molecule has 1 unspecified atom stereocenters. The van der Waals surface area contributed by atoms with E-state index in [1.807, 2.05) is 26.0 Å². The van der Waals surface area contributed by atoms with Crippen LogP contribution in [0.15, 0.2) is 12.1 Å². The second-order valence-corrected chi connectivity index (χ2v) is 14.9. The summed E-state index contributed by atoms with van der Waals surface area (Å²) in [5, 5.41) is 12.2. The highest BCUT2D eigenvalue weighted by atomic mass is 28.4. The maximum Gasteiger partial charge on any atom is 0.408 e. The van der Waals surface area contributed by atoms with Gasteiger partial charge < -0.3 is 19.6 Å². The molecule has 1 amide bonds. The first kappa shape index (κ1) is 25.0. The summed E-state index contributed by atoms with van der Waals surface area (Å²) in [5.74, 6) is -0.416. The van der Waals surface area contributed by atoms with E-state index in [0.29, 0.717) is 5.75 Å². The quantitative estimate of drug-likeness (QED) is 0.614. The number of carboxylic acids is 1. The Morgan fingerprint density at radius 1 is 1.10 bits per heavy atom. The van der Waals surface area contributed by atoms with Gasteiger partial charge in [0, 0.05) is 6.42 Å². The van der Waals surface area contributed by atoms with Crippen molar-refractivity contribution in [1.29, 1.82) is 0 Å². The number of aliphatic carboxylic acids is 1. The van der Waals surface area contributed by atoms with Gasteiger partial charge in [-0.2, -0.15) is 0 Å². The van der Waals surface area contributed by atoms with Crippen LogP contribution in [0.1, 0.15) is 58.2 Å². The van der Waals surface area contributed by atoms with Crippen molar-refractivity contribution >= 4 is 20.4 Å². The average molecular weight is 424 g/mol. The Hall–Kier alpha value is -2.02. The molecule has 0 heterocycles. The first-order valence-corrected chi connectivity index (χ1v) is 12.9. The second kappa shape index (κ2) is 8.77. The molecule has 1 atom stereocenters. The zero-order chi connectivity index (χ0) is 22.8. The molecule has 0 radical (unpaired) electrons. The number of hydrogen-bond donors (Lipinski definition) is 2. The van der Waals surface area contributed by atoms with E-state index >= 15 is 0 Å². The molecule has 1 rings (SSSR count). The molecule has 29 heavy (non-hydrogen) atoms. The van der Waals surface area contributed by atoms with Crippen LogP contribution < -0.4 is 9.74 Å². The van der Waals surface area contributed by atoms with Gasteiger partial charge in [-0.1, -0.05) is 26.8 Å². The van der Waals surface area contributed by atoms with Crippen molar-refractivity contribution in [1.82, 2.24) is 5.32 Å². The van der Waals surface area contributed by atoms with Crippen LogP contribution >= 0.6 is 0 Å². The standard InChI is InChI=1S/C22H37NO5Si/c1-14-11-15(2)16(18(12-14)28-29(9,10)22(6,7)8)13-17(19(24)25)23-20(26)27-21(3,4)5/h11-12,17H,13H2,1-10H3,(H,23,26)(H,24,25). The lowest BCUT2D eigenvalue weighted by molar-refractivity contribution is -0.139. The fourth-order valence-corrected chi connectivity index (χ4v) is 3.63. The monoisotopic (exact) mass is 423 g/mol. The zero-order valence-corrected chi connectivity index (χ0v) is 20.5. The fourth-order valence-electron chi connectivity index (χ4n) is 2.59. The maximum absolute atomic E-state index is 12.1. The van der Waals surface area contributed by atoms with Crippen molar-refractivity contribution in [3.8, 4) is 5.75 Å². The number of benzene rings is 1. The van der Waals surface area contributed by atoms with Crippen LogP contribution in [0.2, 0.25) is 18.1 Å². The summed E-state index contributed by atoms with van der Waals surface area (Å²) in [4.78, 5) is 24.0. The summed E-state index contributed by atoms with van der Waals surface area (Å²) < 4.78 is 11.8. The minimum atomic E-state index is -2.12. The molecule has 0 spiro atoms. The van der Waals surface area contributed by atoms with Crippen LogP contribution in [0.3, 0.4) is 0 Å². The number of aryl methyl sites for hydroxylation is 2. The van der Waals surface area contributed by atoms with E-state index < -0.39 is 32.0 Å². The topological polar surface area (TPSA) is 84.9 Å². The van der Waals surface area contributed by atoms with Gasteiger partial charge >= 0.3 is 12.1 Å². The lowest BCUT2D eigenvalue weighted by atomic mass is 9.98. The molecule has 0 aliphatic carbocycles. The number of alkyl carbamates (subject to hydrolysis) is 1. The van der Waals surface area contributed by atoms with E-state index in [4.69, 9.17) is 9.16 Å². The third-order valence-corrected chi connectivity index (χ3v) is 9.49. The molecule has 1 aromatic carbocycles. The largest absolute Gasteiger partial charge is 0.543 e. The Bertz CT molecular complexity index is 760. The highest BCUT2D eigenvalue weighted by Crippen LogP contribution is 2.39. The molecule has 0 bridgehead atoms. The van der Waals surface area contributed by atoms with Crippen molar-refractivity contribution < 1.29 is 23.9 Å². The lowest BCUT2D eigenvalue weighted by Gasteiger charge is -2.37. The maximum atomic E-state index is 12.1. The van der Waals surface area contributed by atoms with Crippen LogP contribution in [0.25, 0.3) is 0 Å². The van der Waals surface area contributed by atoms with Gasteiger partial charge in [0.05, 0.1) is 0 Å². The van der Waals surface area contributed by atoms with Crippen molar-refractivity contribution in [3.05, 3.63) is 28.8 Å². The average Bonchev–Trinajstić information content (AvgIpc) is 2.45. The third kappa shape index (κ3) is 7.38. The number of amides is 1. The molecule has 6 nitrogen and oxygen atoms in total. The third-order valence-electron chi connectivity index (χ3n) is 5.14. The van der Waals surface area contributed by atoms with Gasteiger partial charge in [-0.3, -0.25) is 0 Å². The molecule has 2 N–H and O–H groups in total. The van der Waals surface area contributed by atoms with Crippen molar-refractivity contribution in [2.75, 3.05) is 0 Å². The molecule has 164 valence electrons. The van der Waals surface area contributed by atoms with E-state index in [1.54, 1.807) is 20.8 Å². The Balaban J connectivity index is 3.24. The molecule has 0 fully saturated rings. The SMILES string of the molecule is Cc1cc(C)c(CC(NC(=O)OC(C)(C)C)C(=O)O)c(O[Si](C)(C)C(C)(C)C)c1. The minimum absolute atomic E-state index is 0.00286. The number of carbonyl (C=O) groups is 2. The number of ether oxygens (including phenoxy) is 1. The number of rotatable bonds is 6. The molecule has 0 aromatic heterocycles. The van der Waals surface area contributed by atoms with E-state index in [2.05, 4.69) is 39.2 Å². The Labute approximate surface area is 176 Å². The number of nitrogens with one attached hydrogen (secondary N) is 1. The van der Waals surface area contributed by atoms with Crippen LogP contribution in [-0.2, 0) is 16.0 Å². The Kier molecular flexibility index (Phi) is 7.57. The van der Waals surface area contributed by atoms with Crippen molar-refractivity contribution in [2.24, 2.45) is 0 Å². The van der Waals surface area contributed by atoms with Gasteiger partial charge in [0.2, 0.25) is 8.32 Å². The number of carbonyl (C=O) groups excluding carboxylic acids is 1. The lowest BCUT2D eigenvalue weighted by Crippen LogP contribution is -2.46. The predicted octanol–water partition coefficient (Wildman–Crippen LogP) is 5.21. The molecule has 0 aliphatic heterocycles. The molecule has 7 heteroatoms. The summed E-state index contributed by atoms with van der Waals surface area (Å²) in [5.41, 5.74) is 2.08. The van der Waals surface area contributed by atoms with Crippen LogP contribution in [0, 0.1) is 13.8 Å². The fraction of sp³-hybridized carbons (Fsp3) is 0.636. The van der Waals surface area contributed by atoms with Gasteiger partial charge in [-0.25, -0.2) is 9.59 Å². The number of hydrogen-bond acceptors (Lipinski definition) is 4.